The number of unbranched alkanes of at least 4 members (excludes halogenated alkanes) is 8. The molecule has 2 unspecified atom stereocenters. The molecule has 3 aromatic carbocycles. The van der Waals surface area contributed by atoms with E-state index in [9.17, 15) is 9.59 Å². The summed E-state index contributed by atoms with van der Waals surface area (Å²) in [5.41, 5.74) is 2.13. The number of hydrogen-bond donors (Lipinski definition) is 0. The van der Waals surface area contributed by atoms with Crippen LogP contribution in [0, 0.1) is 13.8 Å². The average molecular weight is 667 g/mol. The zero-order valence-corrected chi connectivity index (χ0v) is 30.2. The molecule has 0 N–H and O–H groups in total. The number of ether oxygens (including phenoxy) is 6. The molecule has 0 radical (unpaired) electrons. The number of esters is 2. The molecule has 0 aliphatic rings. The molecule has 0 bridgehead atoms. The lowest BCUT2D eigenvalue weighted by Crippen LogP contribution is -2.30. The lowest BCUT2D eigenvalue weighted by molar-refractivity contribution is -0.154. The molecule has 0 heterocycles. The van der Waals surface area contributed by atoms with Gasteiger partial charge in [-0.3, -0.25) is 9.59 Å². The Bertz CT molecular complexity index is 1310. The van der Waals surface area contributed by atoms with Crippen LogP contribution in [0.3, 0.4) is 0 Å². The Morgan fingerprint density at radius 1 is 0.542 bits per heavy atom. The lowest BCUT2D eigenvalue weighted by atomic mass is 9.97. The quantitative estimate of drug-likeness (QED) is 0.0531. The molecule has 3 rings (SSSR count). The molecule has 8 heteroatoms. The van der Waals surface area contributed by atoms with Crippen molar-refractivity contribution in [2.45, 2.75) is 117 Å². The highest BCUT2D eigenvalue weighted by molar-refractivity contribution is 6.11. The van der Waals surface area contributed by atoms with Gasteiger partial charge in [0.2, 0.25) is 0 Å². The number of carbonyl (C=O) groups excluding carboxylic acids is 2. The van der Waals surface area contributed by atoms with Crippen LogP contribution < -0.4 is 9.47 Å². The van der Waals surface area contributed by atoms with E-state index in [-0.39, 0.29) is 38.4 Å². The van der Waals surface area contributed by atoms with Gasteiger partial charge in [0.05, 0.1) is 13.2 Å². The van der Waals surface area contributed by atoms with E-state index in [4.69, 9.17) is 28.4 Å². The first kappa shape index (κ1) is 39.1. The molecule has 0 amide bonds. The van der Waals surface area contributed by atoms with Crippen molar-refractivity contribution < 1.29 is 38.0 Å². The Balaban J connectivity index is 1.84. The van der Waals surface area contributed by atoms with Crippen LogP contribution in [-0.4, -0.2) is 64.8 Å². The number of rotatable bonds is 24. The third-order valence-electron chi connectivity index (χ3n) is 8.43. The molecule has 0 aromatic heterocycles. The number of hydrogen-bond acceptors (Lipinski definition) is 8. The van der Waals surface area contributed by atoms with Gasteiger partial charge in [0.1, 0.15) is 24.7 Å². The van der Waals surface area contributed by atoms with Crippen LogP contribution in [0.2, 0.25) is 0 Å². The van der Waals surface area contributed by atoms with Crippen molar-refractivity contribution in [3.05, 3.63) is 47.5 Å². The minimum atomic E-state index is -0.550. The third kappa shape index (κ3) is 12.6. The smallest absolute Gasteiger partial charge is 0.306 e. The minimum absolute atomic E-state index is 0.145. The van der Waals surface area contributed by atoms with Crippen molar-refractivity contribution in [2.24, 2.45) is 0 Å². The molecule has 3 aromatic rings. The normalized spacial score (nSPS) is 12.6. The van der Waals surface area contributed by atoms with Crippen molar-refractivity contribution >= 4 is 33.5 Å². The average Bonchev–Trinajstić information content (AvgIpc) is 3.06. The van der Waals surface area contributed by atoms with Crippen LogP contribution in [0.4, 0.5) is 0 Å². The molecule has 0 aliphatic carbocycles. The Labute approximate surface area is 287 Å². The van der Waals surface area contributed by atoms with Gasteiger partial charge in [0.25, 0.3) is 0 Å². The first-order chi connectivity index (χ1) is 23.3. The Hall–Kier alpha value is -3.36. The van der Waals surface area contributed by atoms with E-state index in [0.717, 1.165) is 84.0 Å². The molecule has 266 valence electrons. The summed E-state index contributed by atoms with van der Waals surface area (Å²) < 4.78 is 35.5. The zero-order chi connectivity index (χ0) is 34.7. The van der Waals surface area contributed by atoms with Crippen LogP contribution in [0.25, 0.3) is 21.5 Å². The summed E-state index contributed by atoms with van der Waals surface area (Å²) in [6.45, 7) is 9.18. The lowest BCUT2D eigenvalue weighted by Gasteiger charge is -2.23. The molecule has 2 atom stereocenters. The maximum Gasteiger partial charge on any atom is 0.306 e. The molecule has 0 fully saturated rings. The summed E-state index contributed by atoms with van der Waals surface area (Å²) in [5, 5.41) is 3.51. The highest BCUT2D eigenvalue weighted by atomic mass is 16.6. The number of fused-ring (bicyclic) bond motifs is 2. The van der Waals surface area contributed by atoms with Crippen molar-refractivity contribution in [3.8, 4) is 11.5 Å². The topological polar surface area (TPSA) is 89.5 Å². The second kappa shape index (κ2) is 21.6. The Morgan fingerprint density at radius 2 is 0.938 bits per heavy atom. The zero-order valence-electron chi connectivity index (χ0n) is 30.2. The fourth-order valence-electron chi connectivity index (χ4n) is 5.88. The number of aryl methyl sites for hydroxylation is 2. The summed E-state index contributed by atoms with van der Waals surface area (Å²) in [7, 11) is 3.19. The molecule has 0 aliphatic heterocycles. The molecule has 0 spiro atoms. The summed E-state index contributed by atoms with van der Waals surface area (Å²) in [6.07, 6.45) is 10.3. The third-order valence-corrected chi connectivity index (χ3v) is 8.43. The fraction of sp³-hybridized carbons (Fsp3) is 0.600. The van der Waals surface area contributed by atoms with E-state index in [1.54, 1.807) is 14.2 Å². The summed E-state index contributed by atoms with van der Waals surface area (Å²) in [4.78, 5) is 25.3. The predicted octanol–water partition coefficient (Wildman–Crippen LogP) is 9.20. The van der Waals surface area contributed by atoms with E-state index in [2.05, 4.69) is 26.0 Å². The predicted molar refractivity (Wildman–Crippen MR) is 192 cm³/mol. The summed E-state index contributed by atoms with van der Waals surface area (Å²) in [5.74, 6) is 0.918. The van der Waals surface area contributed by atoms with Gasteiger partial charge in [0.15, 0.2) is 12.2 Å². The van der Waals surface area contributed by atoms with Gasteiger partial charge in [-0.1, -0.05) is 101 Å². The maximum atomic E-state index is 12.7. The van der Waals surface area contributed by atoms with Crippen molar-refractivity contribution in [1.82, 2.24) is 0 Å². The van der Waals surface area contributed by atoms with Gasteiger partial charge in [-0.05, 0) is 38.8 Å². The van der Waals surface area contributed by atoms with Gasteiger partial charge < -0.3 is 28.4 Å². The van der Waals surface area contributed by atoms with Gasteiger partial charge in [-0.15, -0.1) is 0 Å². The van der Waals surface area contributed by atoms with Gasteiger partial charge in [-0.2, -0.15) is 0 Å². The van der Waals surface area contributed by atoms with Crippen molar-refractivity contribution in [1.29, 1.82) is 0 Å². The van der Waals surface area contributed by atoms with E-state index in [1.807, 2.05) is 38.1 Å². The summed E-state index contributed by atoms with van der Waals surface area (Å²) >= 11 is 0. The Kier molecular flexibility index (Phi) is 17.6. The highest BCUT2D eigenvalue weighted by Crippen LogP contribution is 2.43. The highest BCUT2D eigenvalue weighted by Gasteiger charge is 2.22. The van der Waals surface area contributed by atoms with E-state index >= 15 is 0 Å². The van der Waals surface area contributed by atoms with Crippen molar-refractivity contribution in [3.63, 3.8) is 0 Å². The molecule has 48 heavy (non-hydrogen) atoms. The van der Waals surface area contributed by atoms with Crippen molar-refractivity contribution in [2.75, 3.05) is 40.6 Å². The largest absolute Gasteiger partial charge is 0.488 e. The first-order valence-corrected chi connectivity index (χ1v) is 17.9. The number of benzene rings is 3. The van der Waals surface area contributed by atoms with Crippen LogP contribution >= 0.6 is 0 Å². The number of carbonyl (C=O) groups is 2. The van der Waals surface area contributed by atoms with E-state index < -0.39 is 12.2 Å². The molecule has 0 saturated carbocycles. The fourth-order valence-corrected chi connectivity index (χ4v) is 5.88. The van der Waals surface area contributed by atoms with Crippen LogP contribution in [0.1, 0.15) is 102 Å². The number of methoxy groups -OCH3 is 2. The second-order valence-electron chi connectivity index (χ2n) is 12.8. The molecular weight excluding hydrogens is 608 g/mol. The Morgan fingerprint density at radius 3 is 1.31 bits per heavy atom. The van der Waals surface area contributed by atoms with E-state index in [1.165, 1.54) is 12.8 Å². The van der Waals surface area contributed by atoms with Crippen LogP contribution in [-0.2, 0) is 28.5 Å². The monoisotopic (exact) mass is 666 g/mol. The minimum Gasteiger partial charge on any atom is -0.488 e. The SMILES string of the molecule is CCCCCCCC(=O)OC(COC)COc1c2ccc(C)cc2c(OCC(COC)OC(=O)CCCCCCC)c2ccc(C)cc12. The molecule has 8 nitrogen and oxygen atoms in total. The first-order valence-electron chi connectivity index (χ1n) is 17.9. The standard InChI is InChI=1S/C40H58O8/c1-7-9-11-13-15-17-37(41)47-31(25-43-5)27-45-39-33-21-19-30(4)24-36(33)40(34-22-20-29(3)23-35(34)39)46-28-32(26-44-6)48-38(42)18-16-14-12-10-8-2/h19-24,31-32H,7-18,25-28H2,1-6H3. The summed E-state index contributed by atoms with van der Waals surface area (Å²) in [6, 6.07) is 12.3. The second-order valence-corrected chi connectivity index (χ2v) is 12.8. The molecular formula is C40H58O8. The molecule has 0 saturated heterocycles. The van der Waals surface area contributed by atoms with Gasteiger partial charge in [-0.25, -0.2) is 0 Å². The van der Waals surface area contributed by atoms with Crippen LogP contribution in [0.5, 0.6) is 11.5 Å². The van der Waals surface area contributed by atoms with Crippen LogP contribution in [0.15, 0.2) is 36.4 Å². The maximum absolute atomic E-state index is 12.7. The van der Waals surface area contributed by atoms with Gasteiger partial charge in [0, 0.05) is 48.6 Å². The van der Waals surface area contributed by atoms with Gasteiger partial charge >= 0.3 is 11.9 Å². The van der Waals surface area contributed by atoms with E-state index in [0.29, 0.717) is 24.3 Å².